The summed E-state index contributed by atoms with van der Waals surface area (Å²) in [5.41, 5.74) is 0.792. The van der Waals surface area contributed by atoms with Crippen LogP contribution >= 0.6 is 35.0 Å². The number of ether oxygens (including phenoxy) is 5. The van der Waals surface area contributed by atoms with Crippen LogP contribution in [0.5, 0.6) is 0 Å². The quantitative estimate of drug-likeness (QED) is 0.270. The number of carbonyl (C=O) groups is 2. The highest BCUT2D eigenvalue weighted by atomic mass is 35.5. The summed E-state index contributed by atoms with van der Waals surface area (Å²) in [6.07, 6.45) is -4.00. The molecule has 31 heavy (non-hydrogen) atoms. The molecule has 0 saturated carbocycles. The first-order chi connectivity index (χ1) is 14.8. The third-order valence-corrected chi connectivity index (χ3v) is 5.80. The third kappa shape index (κ3) is 5.34. The fourth-order valence-electron chi connectivity index (χ4n) is 3.54. The molecule has 0 aromatic heterocycles. The van der Waals surface area contributed by atoms with Crippen molar-refractivity contribution in [2.45, 2.75) is 48.1 Å². The largest absolute Gasteiger partial charge is 0.457 e. The van der Waals surface area contributed by atoms with E-state index in [9.17, 15) is 9.59 Å². The van der Waals surface area contributed by atoms with E-state index in [1.54, 1.807) is 0 Å². The van der Waals surface area contributed by atoms with E-state index in [1.807, 2.05) is 35.2 Å². The van der Waals surface area contributed by atoms with E-state index in [-0.39, 0.29) is 13.2 Å². The van der Waals surface area contributed by atoms with E-state index in [2.05, 4.69) is 6.58 Å². The van der Waals surface area contributed by atoms with E-state index < -0.39 is 53.0 Å². The molecule has 8 nitrogen and oxygen atoms in total. The van der Waals surface area contributed by atoms with Crippen LogP contribution < -0.4 is 4.84 Å². The minimum absolute atomic E-state index is 0.0911. The van der Waals surface area contributed by atoms with Crippen molar-refractivity contribution in [3.05, 3.63) is 48.6 Å². The van der Waals surface area contributed by atoms with Gasteiger partial charge in [-0.2, -0.15) is 0 Å². The van der Waals surface area contributed by atoms with Gasteiger partial charge in [0, 0.05) is 24.3 Å². The summed E-state index contributed by atoms with van der Waals surface area (Å²) in [5.74, 6) is -1.59. The monoisotopic (exact) mass is 493 g/mol. The first kappa shape index (κ1) is 24.3. The lowest BCUT2D eigenvalue weighted by atomic mass is 9.91. The van der Waals surface area contributed by atoms with E-state index in [0.29, 0.717) is 0 Å². The number of amides is 1. The molecule has 170 valence electrons. The second kappa shape index (κ2) is 10.5. The number of esters is 1. The van der Waals surface area contributed by atoms with E-state index >= 15 is 0 Å². The molecule has 1 aromatic carbocycles. The Morgan fingerprint density at radius 3 is 2.58 bits per heavy atom. The molecular formula is C20H22Cl3NO7. The Morgan fingerprint density at radius 1 is 1.26 bits per heavy atom. The van der Waals surface area contributed by atoms with Crippen LogP contribution in [0.15, 0.2) is 43.0 Å². The molecule has 6 atom stereocenters. The molecular weight excluding hydrogens is 473 g/mol. The molecule has 0 spiro atoms. The van der Waals surface area contributed by atoms with Gasteiger partial charge in [-0.25, -0.2) is 0 Å². The van der Waals surface area contributed by atoms with Gasteiger partial charge in [0.25, 0.3) is 5.91 Å². The maximum atomic E-state index is 12.2. The molecule has 0 bridgehead atoms. The van der Waals surface area contributed by atoms with Crippen LogP contribution in [0.1, 0.15) is 18.8 Å². The molecule has 0 radical (unpaired) electrons. The van der Waals surface area contributed by atoms with Crippen LogP contribution in [0.3, 0.4) is 0 Å². The summed E-state index contributed by atoms with van der Waals surface area (Å²) in [6, 6.07) is 9.30. The maximum absolute atomic E-state index is 12.2. The molecule has 1 unspecified atom stereocenters. The van der Waals surface area contributed by atoms with Gasteiger partial charge >= 0.3 is 5.97 Å². The summed E-state index contributed by atoms with van der Waals surface area (Å²) < 4.78 is 27.1. The van der Waals surface area contributed by atoms with E-state index in [4.69, 9.17) is 58.7 Å². The number of carbonyl (C=O) groups excluding carboxylic acids is 2. The van der Waals surface area contributed by atoms with Crippen molar-refractivity contribution in [1.82, 2.24) is 4.84 Å². The number of hydrogen-bond donors (Lipinski definition) is 1. The molecule has 2 aliphatic heterocycles. The standard InChI is InChI=1S/C20H22Cl3NO7/c1-3-9-27-15-14-13(10-28-18(31-14)12-7-5-4-6-8-12)30-17(16(15)29-11(2)25)20(21,22)19(26)24-23/h3-8,13-18H,1,9-10H2,2H3,(H,24,26)/t13-,14-,15+,16-,17+,18?/m1/s1. The van der Waals surface area contributed by atoms with Crippen LogP contribution in [-0.2, 0) is 33.3 Å². The molecule has 3 rings (SSSR count). The van der Waals surface area contributed by atoms with Crippen molar-refractivity contribution in [3.63, 3.8) is 0 Å². The lowest BCUT2D eigenvalue weighted by molar-refractivity contribution is -0.333. The predicted octanol–water partition coefficient (Wildman–Crippen LogP) is 2.81. The molecule has 1 N–H and O–H groups in total. The molecule has 1 amide bonds. The van der Waals surface area contributed by atoms with Crippen LogP contribution in [-0.4, -0.2) is 59.9 Å². The maximum Gasteiger partial charge on any atom is 0.303 e. The van der Waals surface area contributed by atoms with Gasteiger partial charge in [0.1, 0.15) is 24.4 Å². The lowest BCUT2D eigenvalue weighted by Crippen LogP contribution is -2.68. The molecule has 1 aromatic rings. The van der Waals surface area contributed by atoms with Gasteiger partial charge in [-0.05, 0) is 0 Å². The van der Waals surface area contributed by atoms with Gasteiger partial charge < -0.3 is 23.7 Å². The molecule has 2 fully saturated rings. The smallest absolute Gasteiger partial charge is 0.303 e. The molecule has 2 heterocycles. The van der Waals surface area contributed by atoms with Crippen molar-refractivity contribution in [2.24, 2.45) is 0 Å². The Hall–Kier alpha value is -1.39. The third-order valence-electron chi connectivity index (χ3n) is 4.85. The average Bonchev–Trinajstić information content (AvgIpc) is 2.77. The van der Waals surface area contributed by atoms with Crippen LogP contribution in [0.25, 0.3) is 0 Å². The van der Waals surface area contributed by atoms with Crippen molar-refractivity contribution in [3.8, 4) is 0 Å². The highest BCUT2D eigenvalue weighted by molar-refractivity contribution is 6.59. The second-order valence-electron chi connectivity index (χ2n) is 6.98. The van der Waals surface area contributed by atoms with Crippen LogP contribution in [0, 0.1) is 0 Å². The number of hydrogen-bond acceptors (Lipinski definition) is 7. The van der Waals surface area contributed by atoms with Crippen molar-refractivity contribution < 1.29 is 33.3 Å². The zero-order valence-electron chi connectivity index (χ0n) is 16.5. The molecule has 0 aliphatic carbocycles. The normalized spacial score (nSPS) is 30.7. The van der Waals surface area contributed by atoms with Gasteiger partial charge in [-0.3, -0.25) is 14.4 Å². The Balaban J connectivity index is 1.95. The zero-order chi connectivity index (χ0) is 22.6. The summed E-state index contributed by atoms with van der Waals surface area (Å²) >= 11 is 18.0. The minimum Gasteiger partial charge on any atom is -0.457 e. The number of nitrogens with one attached hydrogen (secondary N) is 1. The summed E-state index contributed by atoms with van der Waals surface area (Å²) in [6.45, 7) is 5.05. The van der Waals surface area contributed by atoms with Crippen LogP contribution in [0.2, 0.25) is 0 Å². The first-order valence-electron chi connectivity index (χ1n) is 9.45. The minimum atomic E-state index is -2.20. The first-order valence-corrected chi connectivity index (χ1v) is 10.6. The summed E-state index contributed by atoms with van der Waals surface area (Å²) in [7, 11) is 0. The van der Waals surface area contributed by atoms with E-state index in [1.165, 1.54) is 13.0 Å². The number of benzene rings is 1. The van der Waals surface area contributed by atoms with Crippen molar-refractivity contribution >= 4 is 46.9 Å². The number of rotatable bonds is 7. The number of alkyl halides is 2. The fraction of sp³-hybridized carbons (Fsp3) is 0.500. The second-order valence-corrected chi connectivity index (χ2v) is 8.55. The molecule has 2 aliphatic rings. The van der Waals surface area contributed by atoms with Gasteiger partial charge in [-0.1, -0.05) is 59.6 Å². The average molecular weight is 495 g/mol. The van der Waals surface area contributed by atoms with Gasteiger partial charge in [-0.15, -0.1) is 6.58 Å². The Labute approximate surface area is 194 Å². The predicted molar refractivity (Wildman–Crippen MR) is 113 cm³/mol. The van der Waals surface area contributed by atoms with E-state index in [0.717, 1.165) is 5.56 Å². The topological polar surface area (TPSA) is 92.3 Å². The van der Waals surface area contributed by atoms with Crippen molar-refractivity contribution in [1.29, 1.82) is 0 Å². The lowest BCUT2D eigenvalue weighted by Gasteiger charge is -2.50. The Bertz CT molecular complexity index is 794. The number of fused-ring (bicyclic) bond motifs is 1. The zero-order valence-corrected chi connectivity index (χ0v) is 18.8. The summed E-state index contributed by atoms with van der Waals surface area (Å²) in [4.78, 5) is 26.0. The number of halogens is 3. The summed E-state index contributed by atoms with van der Waals surface area (Å²) in [5, 5.41) is 0. The van der Waals surface area contributed by atoms with Gasteiger partial charge in [0.05, 0.1) is 13.2 Å². The van der Waals surface area contributed by atoms with Gasteiger partial charge in [0.15, 0.2) is 12.4 Å². The Morgan fingerprint density at radius 2 is 1.97 bits per heavy atom. The van der Waals surface area contributed by atoms with Crippen molar-refractivity contribution in [2.75, 3.05) is 13.2 Å². The highest BCUT2D eigenvalue weighted by Gasteiger charge is 2.60. The highest BCUT2D eigenvalue weighted by Crippen LogP contribution is 2.42. The molecule has 2 saturated heterocycles. The van der Waals surface area contributed by atoms with Gasteiger partial charge in [0.2, 0.25) is 4.33 Å². The van der Waals surface area contributed by atoms with Crippen LogP contribution in [0.4, 0.5) is 0 Å². The SMILES string of the molecule is C=CCO[C@@H]1[C@@H](OC(C)=O)[C@@H](C(Cl)(Cl)C(=O)NCl)O[C@@H]2COC(c3ccccc3)O[C@@H]12. The fourth-order valence-corrected chi connectivity index (χ4v) is 4.23. The Kier molecular flexibility index (Phi) is 8.20. The molecule has 11 heteroatoms.